The molecule has 0 aliphatic rings. The minimum atomic E-state index is -0.923. The van der Waals surface area contributed by atoms with Gasteiger partial charge >= 0.3 is 11.9 Å². The Bertz CT molecular complexity index is 418. The Kier molecular flexibility index (Phi) is 17.1. The van der Waals surface area contributed by atoms with Crippen LogP contribution in [0.4, 0.5) is 0 Å². The summed E-state index contributed by atoms with van der Waals surface area (Å²) in [4.78, 5) is 23.0. The summed E-state index contributed by atoms with van der Waals surface area (Å²) in [6.45, 7) is 2.77. The zero-order chi connectivity index (χ0) is 22.0. The summed E-state index contributed by atoms with van der Waals surface area (Å²) in [7, 11) is 5.91. The van der Waals surface area contributed by atoms with E-state index in [2.05, 4.69) is 6.92 Å². The topological polar surface area (TPSA) is 63.6 Å². The number of unbranched alkanes of at least 4 members (excludes halogenated alkanes) is 13. The molecular formula is C24H48NO4+. The molecule has 172 valence electrons. The fourth-order valence-electron chi connectivity index (χ4n) is 3.66. The Hall–Kier alpha value is -1.10. The van der Waals surface area contributed by atoms with E-state index in [1.807, 2.05) is 21.1 Å². The van der Waals surface area contributed by atoms with Crippen molar-refractivity contribution in [3.63, 3.8) is 0 Å². The summed E-state index contributed by atoms with van der Waals surface area (Å²) < 4.78 is 5.99. The van der Waals surface area contributed by atoms with Crippen LogP contribution >= 0.6 is 0 Å². The summed E-state index contributed by atoms with van der Waals surface area (Å²) in [5.74, 6) is -1.18. The number of esters is 1. The molecule has 5 heteroatoms. The molecule has 0 aliphatic heterocycles. The third-order valence-corrected chi connectivity index (χ3v) is 5.19. The van der Waals surface area contributed by atoms with Crippen molar-refractivity contribution in [3.8, 4) is 0 Å². The number of aliphatic carboxylic acids is 1. The number of carboxylic acid groups (broad SMARTS) is 1. The highest BCUT2D eigenvalue weighted by Crippen LogP contribution is 2.14. The van der Waals surface area contributed by atoms with Crippen LogP contribution in [0.5, 0.6) is 0 Å². The number of rotatable bonds is 20. The van der Waals surface area contributed by atoms with E-state index in [1.165, 1.54) is 77.0 Å². The predicted octanol–water partition coefficient (Wildman–Crippen LogP) is 5.95. The summed E-state index contributed by atoms with van der Waals surface area (Å²) in [5.41, 5.74) is 0. The van der Waals surface area contributed by atoms with Gasteiger partial charge in [-0.1, -0.05) is 90.4 Å². The highest BCUT2D eigenvalue weighted by molar-refractivity contribution is 5.71. The van der Waals surface area contributed by atoms with Crippen molar-refractivity contribution in [2.75, 3.05) is 27.7 Å². The molecule has 0 saturated carbocycles. The Labute approximate surface area is 179 Å². The molecule has 0 saturated heterocycles. The summed E-state index contributed by atoms with van der Waals surface area (Å²) >= 11 is 0. The average molecular weight is 415 g/mol. The van der Waals surface area contributed by atoms with E-state index in [9.17, 15) is 9.59 Å². The van der Waals surface area contributed by atoms with Gasteiger partial charge in [-0.2, -0.15) is 0 Å². The lowest BCUT2D eigenvalue weighted by Crippen LogP contribution is -2.43. The van der Waals surface area contributed by atoms with Crippen molar-refractivity contribution >= 4 is 11.9 Å². The molecule has 0 fully saturated rings. The molecule has 0 amide bonds. The highest BCUT2D eigenvalue weighted by Gasteiger charge is 2.24. The fourth-order valence-corrected chi connectivity index (χ4v) is 3.66. The average Bonchev–Trinajstić information content (AvgIpc) is 2.60. The van der Waals surface area contributed by atoms with Crippen molar-refractivity contribution < 1.29 is 23.9 Å². The maximum atomic E-state index is 12.0. The second-order valence-electron chi connectivity index (χ2n) is 9.53. The number of carbonyl (C=O) groups excluding carboxylic acids is 1. The molecule has 5 nitrogen and oxygen atoms in total. The number of nitrogens with zero attached hydrogens (tertiary/aromatic N) is 1. The molecule has 0 aliphatic carbocycles. The summed E-state index contributed by atoms with van der Waals surface area (Å²) in [6, 6.07) is 0. The van der Waals surface area contributed by atoms with Gasteiger partial charge in [0.1, 0.15) is 6.54 Å². The molecule has 0 bridgehead atoms. The molecule has 0 aromatic heterocycles. The molecule has 0 unspecified atom stereocenters. The minimum Gasteiger partial charge on any atom is -0.481 e. The number of ether oxygens (including phenoxy) is 1. The lowest BCUT2D eigenvalue weighted by atomic mass is 10.0. The van der Waals surface area contributed by atoms with Crippen LogP contribution in [0.1, 0.15) is 110 Å². The molecule has 1 atom stereocenters. The van der Waals surface area contributed by atoms with Crippen LogP contribution < -0.4 is 0 Å². The summed E-state index contributed by atoms with van der Waals surface area (Å²) in [5, 5.41) is 9.00. The van der Waals surface area contributed by atoms with E-state index in [4.69, 9.17) is 9.84 Å². The molecule has 0 radical (unpaired) electrons. The van der Waals surface area contributed by atoms with Crippen molar-refractivity contribution in [2.24, 2.45) is 0 Å². The van der Waals surface area contributed by atoms with Crippen molar-refractivity contribution in [3.05, 3.63) is 0 Å². The molecular weight excluding hydrogens is 366 g/mol. The SMILES string of the molecule is CCCCCCCCCCCCCCCCC(=O)O[C@H](CC(=O)O)C[N+](C)(C)C. The normalized spacial score (nSPS) is 12.7. The zero-order valence-electron chi connectivity index (χ0n) is 19.7. The first-order valence-electron chi connectivity index (χ1n) is 12.0. The molecule has 0 spiro atoms. The molecule has 1 N–H and O–H groups in total. The van der Waals surface area contributed by atoms with Gasteiger partial charge in [0, 0.05) is 6.42 Å². The monoisotopic (exact) mass is 414 g/mol. The Morgan fingerprint density at radius 3 is 1.55 bits per heavy atom. The largest absolute Gasteiger partial charge is 0.481 e. The zero-order valence-corrected chi connectivity index (χ0v) is 19.7. The van der Waals surface area contributed by atoms with E-state index in [0.29, 0.717) is 17.4 Å². The van der Waals surface area contributed by atoms with Gasteiger partial charge in [0.25, 0.3) is 0 Å². The van der Waals surface area contributed by atoms with Gasteiger partial charge in [0.05, 0.1) is 27.6 Å². The van der Waals surface area contributed by atoms with Gasteiger partial charge in [0.2, 0.25) is 0 Å². The van der Waals surface area contributed by atoms with E-state index >= 15 is 0 Å². The van der Waals surface area contributed by atoms with Gasteiger partial charge in [-0.15, -0.1) is 0 Å². The first kappa shape index (κ1) is 27.9. The smallest absolute Gasteiger partial charge is 0.307 e. The van der Waals surface area contributed by atoms with Crippen LogP contribution in [-0.4, -0.2) is 55.3 Å². The van der Waals surface area contributed by atoms with Gasteiger partial charge < -0.3 is 14.3 Å². The van der Waals surface area contributed by atoms with E-state index in [-0.39, 0.29) is 12.4 Å². The van der Waals surface area contributed by atoms with E-state index < -0.39 is 12.1 Å². The second-order valence-corrected chi connectivity index (χ2v) is 9.53. The maximum Gasteiger partial charge on any atom is 0.307 e. The lowest BCUT2D eigenvalue weighted by molar-refractivity contribution is -0.873. The lowest BCUT2D eigenvalue weighted by Gasteiger charge is -2.28. The predicted molar refractivity (Wildman–Crippen MR) is 120 cm³/mol. The quantitative estimate of drug-likeness (QED) is 0.152. The third-order valence-electron chi connectivity index (χ3n) is 5.19. The second kappa shape index (κ2) is 17.7. The van der Waals surface area contributed by atoms with Gasteiger partial charge in [-0.05, 0) is 6.42 Å². The molecule has 0 heterocycles. The van der Waals surface area contributed by atoms with Crippen molar-refractivity contribution in [1.29, 1.82) is 0 Å². The number of quaternary nitrogens is 1. The van der Waals surface area contributed by atoms with E-state index in [1.54, 1.807) is 0 Å². The standard InChI is InChI=1S/C24H47NO4/c1-5-6-7-8-9-10-11-12-13-14-15-16-17-18-19-24(28)29-22(20-23(26)27)21-25(2,3)4/h22H,5-21H2,1-4H3/p+1/t22-/m1/s1. The van der Waals surface area contributed by atoms with Crippen LogP contribution in [0.2, 0.25) is 0 Å². The van der Waals surface area contributed by atoms with Crippen molar-refractivity contribution in [2.45, 2.75) is 116 Å². The first-order valence-corrected chi connectivity index (χ1v) is 12.0. The maximum absolute atomic E-state index is 12.0. The van der Waals surface area contributed by atoms with Crippen LogP contribution in [0.25, 0.3) is 0 Å². The number of hydrogen-bond acceptors (Lipinski definition) is 3. The van der Waals surface area contributed by atoms with E-state index in [0.717, 1.165) is 12.8 Å². The Morgan fingerprint density at radius 2 is 1.17 bits per heavy atom. The number of carboxylic acids is 1. The third kappa shape index (κ3) is 21.4. The van der Waals surface area contributed by atoms with Gasteiger partial charge in [0.15, 0.2) is 6.10 Å². The summed E-state index contributed by atoms with van der Waals surface area (Å²) in [6.07, 6.45) is 17.7. The first-order chi connectivity index (χ1) is 13.7. The van der Waals surface area contributed by atoms with Crippen LogP contribution in [0, 0.1) is 0 Å². The van der Waals surface area contributed by atoms with Crippen molar-refractivity contribution in [1.82, 2.24) is 0 Å². The fraction of sp³-hybridized carbons (Fsp3) is 0.917. The van der Waals surface area contributed by atoms with Crippen LogP contribution in [0.15, 0.2) is 0 Å². The number of likely N-dealkylation sites (N-methyl/N-ethyl adjacent to an activating group) is 1. The highest BCUT2D eigenvalue weighted by atomic mass is 16.5. The number of hydrogen-bond donors (Lipinski definition) is 1. The van der Waals surface area contributed by atoms with Crippen LogP contribution in [0.3, 0.4) is 0 Å². The molecule has 29 heavy (non-hydrogen) atoms. The molecule has 0 aromatic carbocycles. The van der Waals surface area contributed by atoms with Gasteiger partial charge in [-0.25, -0.2) is 0 Å². The Morgan fingerprint density at radius 1 is 0.759 bits per heavy atom. The number of carbonyl (C=O) groups is 2. The molecule has 0 rings (SSSR count). The van der Waals surface area contributed by atoms with Gasteiger partial charge in [-0.3, -0.25) is 9.59 Å². The Balaban J connectivity index is 3.59. The molecule has 0 aromatic rings. The minimum absolute atomic E-state index is 0.125. The van der Waals surface area contributed by atoms with Crippen LogP contribution in [-0.2, 0) is 14.3 Å².